The van der Waals surface area contributed by atoms with Gasteiger partial charge in [-0.3, -0.25) is 15.1 Å². The van der Waals surface area contributed by atoms with Crippen LogP contribution in [0.15, 0.2) is 47.5 Å². The summed E-state index contributed by atoms with van der Waals surface area (Å²) < 4.78 is 11.3. The molecule has 7 nitrogen and oxygen atoms in total. The summed E-state index contributed by atoms with van der Waals surface area (Å²) in [5.74, 6) is 2.33. The van der Waals surface area contributed by atoms with Crippen molar-refractivity contribution in [1.29, 1.82) is 0 Å². The smallest absolute Gasteiger partial charge is 0.269 e. The van der Waals surface area contributed by atoms with Crippen LogP contribution >= 0.6 is 0 Å². The molecule has 0 amide bonds. The minimum Gasteiger partial charge on any atom is -0.493 e. The summed E-state index contributed by atoms with van der Waals surface area (Å²) in [5, 5.41) is 13.9. The van der Waals surface area contributed by atoms with Gasteiger partial charge in [-0.2, -0.15) is 0 Å². The number of nitro groups is 1. The summed E-state index contributed by atoms with van der Waals surface area (Å²) >= 11 is 0. The number of nitrogens with one attached hydrogen (secondary N) is 1. The average Bonchev–Trinajstić information content (AvgIpc) is 3.10. The Morgan fingerprint density at radius 3 is 2.61 bits per heavy atom. The molecule has 23 heavy (non-hydrogen) atoms. The fourth-order valence-electron chi connectivity index (χ4n) is 2.30. The van der Waals surface area contributed by atoms with Crippen LogP contribution < -0.4 is 14.8 Å². The molecule has 1 aliphatic rings. The molecule has 0 spiro atoms. The monoisotopic (exact) mass is 313 g/mol. The van der Waals surface area contributed by atoms with Crippen LogP contribution in [-0.2, 0) is 0 Å². The Kier molecular flexibility index (Phi) is 4.09. The van der Waals surface area contributed by atoms with Gasteiger partial charge in [-0.05, 0) is 24.3 Å². The number of nitrogens with zero attached hydrogens (tertiary/aromatic N) is 2. The first-order valence-electron chi connectivity index (χ1n) is 7.07. The highest BCUT2D eigenvalue weighted by Crippen LogP contribution is 2.35. The van der Waals surface area contributed by atoms with E-state index >= 15 is 0 Å². The highest BCUT2D eigenvalue weighted by molar-refractivity contribution is 6.02. The Labute approximate surface area is 132 Å². The number of non-ortho nitro benzene ring substituents is 1. The third-order valence-electron chi connectivity index (χ3n) is 3.40. The maximum absolute atomic E-state index is 10.7. The second-order valence-electron chi connectivity index (χ2n) is 4.85. The molecule has 0 aliphatic carbocycles. The highest BCUT2D eigenvalue weighted by atomic mass is 16.6. The minimum absolute atomic E-state index is 0.0134. The zero-order valence-electron chi connectivity index (χ0n) is 12.5. The summed E-state index contributed by atoms with van der Waals surface area (Å²) in [6.45, 7) is 1.49. The van der Waals surface area contributed by atoms with E-state index in [4.69, 9.17) is 9.47 Å². The number of amidine groups is 1. The number of para-hydroxylation sites is 1. The molecule has 0 saturated heterocycles. The normalized spacial score (nSPS) is 13.2. The van der Waals surface area contributed by atoms with Gasteiger partial charge in [0.15, 0.2) is 11.5 Å². The van der Waals surface area contributed by atoms with Gasteiger partial charge >= 0.3 is 0 Å². The Balaban J connectivity index is 1.96. The van der Waals surface area contributed by atoms with Crippen molar-refractivity contribution < 1.29 is 14.4 Å². The van der Waals surface area contributed by atoms with Gasteiger partial charge in [0.05, 0.1) is 24.1 Å². The quantitative estimate of drug-likeness (QED) is 0.677. The lowest BCUT2D eigenvalue weighted by Gasteiger charge is -2.15. The van der Waals surface area contributed by atoms with Crippen molar-refractivity contribution in [3.05, 3.63) is 58.1 Å². The van der Waals surface area contributed by atoms with Crippen molar-refractivity contribution in [2.75, 3.05) is 20.2 Å². The number of benzene rings is 2. The molecule has 0 unspecified atom stereocenters. The van der Waals surface area contributed by atoms with Crippen molar-refractivity contribution >= 4 is 11.5 Å². The molecule has 0 radical (unpaired) electrons. The summed E-state index contributed by atoms with van der Waals surface area (Å²) in [7, 11) is 1.56. The molecular formula is C16H15N3O4. The molecule has 118 valence electrons. The molecule has 2 aromatic rings. The van der Waals surface area contributed by atoms with Gasteiger partial charge in [0.25, 0.3) is 5.69 Å². The third kappa shape index (κ3) is 3.08. The second kappa shape index (κ2) is 6.35. The number of ether oxygens (including phenoxy) is 2. The first-order valence-corrected chi connectivity index (χ1v) is 7.07. The molecule has 0 atom stereocenters. The van der Waals surface area contributed by atoms with E-state index in [0.717, 1.165) is 17.9 Å². The van der Waals surface area contributed by atoms with Gasteiger partial charge in [0, 0.05) is 18.7 Å². The van der Waals surface area contributed by atoms with Gasteiger partial charge in [-0.25, -0.2) is 0 Å². The van der Waals surface area contributed by atoms with Crippen LogP contribution in [0.3, 0.4) is 0 Å². The SMILES string of the molecule is COc1cccc(C2=NCCN2)c1Oc1ccc([N+](=O)[O-])cc1. The van der Waals surface area contributed by atoms with E-state index < -0.39 is 4.92 Å². The number of rotatable bonds is 5. The van der Waals surface area contributed by atoms with Crippen molar-refractivity contribution in [2.24, 2.45) is 4.99 Å². The van der Waals surface area contributed by atoms with Crippen molar-refractivity contribution in [2.45, 2.75) is 0 Å². The minimum atomic E-state index is -0.449. The van der Waals surface area contributed by atoms with Gasteiger partial charge in [-0.1, -0.05) is 6.07 Å². The lowest BCUT2D eigenvalue weighted by atomic mass is 10.1. The Hall–Kier alpha value is -3.09. The number of nitro benzene ring substituents is 1. The molecule has 0 saturated carbocycles. The zero-order valence-corrected chi connectivity index (χ0v) is 12.5. The van der Waals surface area contributed by atoms with E-state index in [2.05, 4.69) is 10.3 Å². The van der Waals surface area contributed by atoms with Gasteiger partial charge < -0.3 is 14.8 Å². The molecule has 2 aromatic carbocycles. The summed E-state index contributed by atoms with van der Waals surface area (Å²) in [6.07, 6.45) is 0. The first-order chi connectivity index (χ1) is 11.2. The van der Waals surface area contributed by atoms with E-state index in [1.165, 1.54) is 12.1 Å². The molecule has 1 heterocycles. The van der Waals surface area contributed by atoms with Crippen LogP contribution in [0.1, 0.15) is 5.56 Å². The molecule has 0 aromatic heterocycles. The predicted octanol–water partition coefficient (Wildman–Crippen LogP) is 2.75. The Morgan fingerprint density at radius 1 is 1.22 bits per heavy atom. The van der Waals surface area contributed by atoms with E-state index in [1.807, 2.05) is 12.1 Å². The molecular weight excluding hydrogens is 298 g/mol. The first kappa shape index (κ1) is 14.8. The third-order valence-corrected chi connectivity index (χ3v) is 3.40. The lowest BCUT2D eigenvalue weighted by Crippen LogP contribution is -2.20. The summed E-state index contributed by atoms with van der Waals surface area (Å²) in [4.78, 5) is 14.7. The lowest BCUT2D eigenvalue weighted by molar-refractivity contribution is -0.384. The van der Waals surface area contributed by atoms with Crippen LogP contribution in [0.4, 0.5) is 5.69 Å². The van der Waals surface area contributed by atoms with Crippen LogP contribution in [0.25, 0.3) is 0 Å². The molecule has 3 rings (SSSR count). The molecule has 0 fully saturated rings. The fourth-order valence-corrected chi connectivity index (χ4v) is 2.30. The van der Waals surface area contributed by atoms with Crippen LogP contribution in [0.2, 0.25) is 0 Å². The van der Waals surface area contributed by atoms with E-state index in [-0.39, 0.29) is 5.69 Å². The standard InChI is InChI=1S/C16H15N3O4/c1-22-14-4-2-3-13(16-17-9-10-18-16)15(14)23-12-7-5-11(6-8-12)19(20)21/h2-8H,9-10H2,1H3,(H,17,18). The van der Waals surface area contributed by atoms with E-state index in [0.29, 0.717) is 23.8 Å². The van der Waals surface area contributed by atoms with Crippen LogP contribution in [0, 0.1) is 10.1 Å². The van der Waals surface area contributed by atoms with Crippen molar-refractivity contribution in [3.8, 4) is 17.2 Å². The largest absolute Gasteiger partial charge is 0.493 e. The van der Waals surface area contributed by atoms with E-state index in [1.54, 1.807) is 25.3 Å². The van der Waals surface area contributed by atoms with Crippen molar-refractivity contribution in [1.82, 2.24) is 5.32 Å². The maximum Gasteiger partial charge on any atom is 0.269 e. The molecule has 0 bridgehead atoms. The van der Waals surface area contributed by atoms with Gasteiger partial charge in [-0.15, -0.1) is 0 Å². The zero-order chi connectivity index (χ0) is 16.2. The second-order valence-corrected chi connectivity index (χ2v) is 4.85. The molecule has 1 N–H and O–H groups in total. The maximum atomic E-state index is 10.7. The Bertz CT molecular complexity index is 756. The number of methoxy groups -OCH3 is 1. The van der Waals surface area contributed by atoms with E-state index in [9.17, 15) is 10.1 Å². The van der Waals surface area contributed by atoms with Crippen LogP contribution in [-0.4, -0.2) is 31.0 Å². The topological polar surface area (TPSA) is 86.0 Å². The fraction of sp³-hybridized carbons (Fsp3) is 0.188. The Morgan fingerprint density at radius 2 is 2.00 bits per heavy atom. The number of hydrogen-bond donors (Lipinski definition) is 1. The van der Waals surface area contributed by atoms with Crippen molar-refractivity contribution in [3.63, 3.8) is 0 Å². The van der Waals surface area contributed by atoms with Gasteiger partial charge in [0.1, 0.15) is 11.6 Å². The van der Waals surface area contributed by atoms with Crippen LogP contribution in [0.5, 0.6) is 17.2 Å². The number of aliphatic imine (C=N–C) groups is 1. The summed E-state index contributed by atoms with van der Waals surface area (Å²) in [5.41, 5.74) is 0.805. The summed E-state index contributed by atoms with van der Waals surface area (Å²) in [6, 6.07) is 11.4. The average molecular weight is 313 g/mol. The van der Waals surface area contributed by atoms with Gasteiger partial charge in [0.2, 0.25) is 0 Å². The molecule has 7 heteroatoms. The highest BCUT2D eigenvalue weighted by Gasteiger charge is 2.18. The number of hydrogen-bond acceptors (Lipinski definition) is 6. The predicted molar refractivity (Wildman–Crippen MR) is 85.6 cm³/mol. The molecule has 1 aliphatic heterocycles.